The number of carboxylic acids is 1. The van der Waals surface area contributed by atoms with E-state index in [9.17, 15) is 9.35 Å². The molecule has 1 fully saturated rings. The van der Waals surface area contributed by atoms with Gasteiger partial charge < -0.3 is 23.9 Å². The number of aliphatic carboxylic acids is 1. The molecular formula is C30H33NO6S. The highest BCUT2D eigenvalue weighted by Crippen LogP contribution is 2.27. The Morgan fingerprint density at radius 1 is 1.03 bits per heavy atom. The summed E-state index contributed by atoms with van der Waals surface area (Å²) in [5.41, 5.74) is 5.15. The van der Waals surface area contributed by atoms with Crippen LogP contribution < -0.4 is 9.47 Å². The van der Waals surface area contributed by atoms with Crippen LogP contribution in [0.4, 0.5) is 0 Å². The molecule has 3 aromatic rings. The largest absolute Gasteiger partial charge is 0.612 e. The first-order valence-electron chi connectivity index (χ1n) is 12.5. The van der Waals surface area contributed by atoms with Crippen LogP contribution in [0.25, 0.3) is 5.57 Å². The number of aryl methyl sites for hydroxylation is 1. The van der Waals surface area contributed by atoms with E-state index in [-0.39, 0.29) is 6.61 Å². The lowest BCUT2D eigenvalue weighted by molar-refractivity contribution is -0.139. The summed E-state index contributed by atoms with van der Waals surface area (Å²) in [7, 11) is 0. The van der Waals surface area contributed by atoms with E-state index in [2.05, 4.69) is 29.2 Å². The van der Waals surface area contributed by atoms with E-state index >= 15 is 0 Å². The number of morpholine rings is 1. The first-order chi connectivity index (χ1) is 18.4. The molecule has 0 bridgehead atoms. The minimum atomic E-state index is -1.04. The van der Waals surface area contributed by atoms with Gasteiger partial charge in [-0.3, -0.25) is 4.90 Å². The molecule has 1 aliphatic rings. The highest BCUT2D eigenvalue weighted by atomic mass is 32.2. The Hall–Kier alpha value is -3.30. The zero-order chi connectivity index (χ0) is 26.9. The summed E-state index contributed by atoms with van der Waals surface area (Å²) in [4.78, 5) is 14.0. The Kier molecular flexibility index (Phi) is 9.84. The summed E-state index contributed by atoms with van der Waals surface area (Å²) in [6, 6.07) is 21.7. The second-order valence-corrected chi connectivity index (χ2v) is 10.5. The number of ether oxygens (including phenoxy) is 3. The lowest BCUT2D eigenvalue weighted by Crippen LogP contribution is -2.35. The molecule has 0 amide bonds. The van der Waals surface area contributed by atoms with E-state index in [4.69, 9.17) is 19.3 Å². The van der Waals surface area contributed by atoms with Gasteiger partial charge in [-0.1, -0.05) is 24.3 Å². The van der Waals surface area contributed by atoms with E-state index in [1.54, 1.807) is 18.4 Å². The molecule has 1 unspecified atom stereocenters. The van der Waals surface area contributed by atoms with Gasteiger partial charge in [0, 0.05) is 19.6 Å². The van der Waals surface area contributed by atoms with E-state index < -0.39 is 17.1 Å². The maximum Gasteiger partial charge on any atom is 0.341 e. The molecule has 1 N–H and O–H groups in total. The molecule has 8 heteroatoms. The van der Waals surface area contributed by atoms with Crippen LogP contribution in [0.2, 0.25) is 0 Å². The summed E-state index contributed by atoms with van der Waals surface area (Å²) in [5, 5.41) is 8.83. The monoisotopic (exact) mass is 535 g/mol. The molecule has 1 atom stereocenters. The van der Waals surface area contributed by atoms with Crippen LogP contribution in [0.1, 0.15) is 22.3 Å². The fraction of sp³-hybridized carbons (Fsp3) is 0.300. The van der Waals surface area contributed by atoms with Crippen molar-refractivity contribution in [2.75, 3.05) is 45.8 Å². The predicted molar refractivity (Wildman–Crippen MR) is 148 cm³/mol. The van der Waals surface area contributed by atoms with Crippen LogP contribution in [0.15, 0.2) is 77.7 Å². The number of rotatable bonds is 11. The zero-order valence-corrected chi connectivity index (χ0v) is 22.5. The van der Waals surface area contributed by atoms with Crippen molar-refractivity contribution in [3.8, 4) is 11.5 Å². The minimum Gasteiger partial charge on any atom is -0.612 e. The van der Waals surface area contributed by atoms with E-state index in [0.29, 0.717) is 18.1 Å². The van der Waals surface area contributed by atoms with Gasteiger partial charge in [-0.15, -0.1) is 0 Å². The normalized spacial score (nSPS) is 15.2. The van der Waals surface area contributed by atoms with Crippen molar-refractivity contribution >= 4 is 22.7 Å². The van der Waals surface area contributed by atoms with Gasteiger partial charge in [0.05, 0.1) is 13.2 Å². The van der Waals surface area contributed by atoms with Gasteiger partial charge >= 0.3 is 5.97 Å². The predicted octanol–water partition coefficient (Wildman–Crippen LogP) is 4.54. The highest BCUT2D eigenvalue weighted by Gasteiger charge is 2.12. The van der Waals surface area contributed by atoms with E-state index in [0.717, 1.165) is 60.0 Å². The standard InChI is InChI=1S/C30H33NO6S/c1-22-19-26(9-12-29(22)37-21-30(32)33)36-16-13-28(25-7-10-27(11-8-25)38(2)34)24-5-3-23(4-6-24)20-31-14-17-35-18-15-31/h3-13,19H,14-18,20-21H2,1-2H3,(H,32,33)/b28-13+. The van der Waals surface area contributed by atoms with Crippen LogP contribution in [0, 0.1) is 6.92 Å². The van der Waals surface area contributed by atoms with Gasteiger partial charge in [-0.25, -0.2) is 4.79 Å². The van der Waals surface area contributed by atoms with Crippen LogP contribution in [-0.4, -0.2) is 66.3 Å². The number of carbonyl (C=O) groups is 1. The van der Waals surface area contributed by atoms with E-state index in [1.165, 1.54) is 5.56 Å². The smallest absolute Gasteiger partial charge is 0.341 e. The number of hydrogen-bond donors (Lipinski definition) is 1. The molecule has 1 aliphatic heterocycles. The van der Waals surface area contributed by atoms with Gasteiger partial charge in [0.1, 0.15) is 24.4 Å². The average Bonchev–Trinajstić information content (AvgIpc) is 2.92. The Bertz CT molecular complexity index is 1230. The fourth-order valence-electron chi connectivity index (χ4n) is 4.27. The first-order valence-corrected chi connectivity index (χ1v) is 14.1. The lowest BCUT2D eigenvalue weighted by Gasteiger charge is -2.26. The summed E-state index contributed by atoms with van der Waals surface area (Å²) >= 11 is -1.04. The van der Waals surface area contributed by atoms with Gasteiger partial charge in [0.15, 0.2) is 11.5 Å². The molecule has 1 heterocycles. The lowest BCUT2D eigenvalue weighted by atomic mass is 9.96. The quantitative estimate of drug-likeness (QED) is 0.361. The molecule has 1 saturated heterocycles. The molecule has 7 nitrogen and oxygen atoms in total. The zero-order valence-electron chi connectivity index (χ0n) is 21.7. The fourth-order valence-corrected chi connectivity index (χ4v) is 4.79. The Balaban J connectivity index is 1.51. The van der Waals surface area contributed by atoms with Crippen molar-refractivity contribution in [3.05, 3.63) is 95.1 Å². The summed E-state index contributed by atoms with van der Waals surface area (Å²) in [6.45, 7) is 6.15. The molecule has 38 heavy (non-hydrogen) atoms. The molecule has 0 spiro atoms. The molecule has 0 radical (unpaired) electrons. The minimum absolute atomic E-state index is 0.334. The molecule has 4 rings (SSSR count). The molecule has 200 valence electrons. The topological polar surface area (TPSA) is 91.3 Å². The second-order valence-electron chi connectivity index (χ2n) is 9.10. The van der Waals surface area contributed by atoms with Crippen molar-refractivity contribution in [2.24, 2.45) is 0 Å². The second kappa shape index (κ2) is 13.5. The van der Waals surface area contributed by atoms with Crippen LogP contribution in [0.3, 0.4) is 0 Å². The molecule has 0 aromatic heterocycles. The number of benzene rings is 3. The summed E-state index contributed by atoms with van der Waals surface area (Å²) in [6.07, 6.45) is 3.71. The first kappa shape index (κ1) is 27.7. The van der Waals surface area contributed by atoms with Crippen molar-refractivity contribution in [1.29, 1.82) is 0 Å². The van der Waals surface area contributed by atoms with Gasteiger partial charge in [0.25, 0.3) is 0 Å². The SMILES string of the molecule is Cc1cc(OC/C=C(\c2ccc(CN3CCOCC3)cc2)c2ccc([S+](C)[O-])cc2)ccc1OCC(=O)O. The third-order valence-electron chi connectivity index (χ3n) is 6.31. The Morgan fingerprint density at radius 3 is 2.29 bits per heavy atom. The molecule has 0 saturated carbocycles. The molecule has 3 aromatic carbocycles. The third-order valence-corrected chi connectivity index (χ3v) is 7.24. The third kappa shape index (κ3) is 7.85. The number of nitrogens with zero attached hydrogens (tertiary/aromatic N) is 1. The number of hydrogen-bond acceptors (Lipinski definition) is 6. The van der Waals surface area contributed by atoms with Crippen molar-refractivity contribution < 1.29 is 28.7 Å². The van der Waals surface area contributed by atoms with Gasteiger partial charge in [0.2, 0.25) is 0 Å². The highest BCUT2D eigenvalue weighted by molar-refractivity contribution is 7.90. The number of carboxylic acid groups (broad SMARTS) is 1. The van der Waals surface area contributed by atoms with Crippen LogP contribution >= 0.6 is 0 Å². The van der Waals surface area contributed by atoms with Gasteiger partial charge in [-0.2, -0.15) is 0 Å². The van der Waals surface area contributed by atoms with Crippen molar-refractivity contribution in [1.82, 2.24) is 4.90 Å². The Morgan fingerprint density at radius 2 is 1.68 bits per heavy atom. The maximum absolute atomic E-state index is 11.9. The van der Waals surface area contributed by atoms with Crippen molar-refractivity contribution in [2.45, 2.75) is 18.4 Å². The Labute approximate surface area is 226 Å². The molecule has 0 aliphatic carbocycles. The maximum atomic E-state index is 11.9. The molecular weight excluding hydrogens is 502 g/mol. The van der Waals surface area contributed by atoms with Gasteiger partial charge in [-0.05, 0) is 94.5 Å². The van der Waals surface area contributed by atoms with Crippen LogP contribution in [-0.2, 0) is 27.3 Å². The summed E-state index contributed by atoms with van der Waals surface area (Å²) < 4.78 is 28.6. The van der Waals surface area contributed by atoms with Crippen LogP contribution in [0.5, 0.6) is 11.5 Å². The average molecular weight is 536 g/mol. The van der Waals surface area contributed by atoms with E-state index in [1.807, 2.05) is 43.3 Å². The van der Waals surface area contributed by atoms with Crippen molar-refractivity contribution in [3.63, 3.8) is 0 Å². The summed E-state index contributed by atoms with van der Waals surface area (Å²) in [5.74, 6) is 0.162.